The van der Waals surface area contributed by atoms with Crippen molar-refractivity contribution in [3.8, 4) is 0 Å². The van der Waals surface area contributed by atoms with E-state index in [1.54, 1.807) is 11.8 Å². The van der Waals surface area contributed by atoms with Crippen LogP contribution in [-0.4, -0.2) is 48.1 Å². The van der Waals surface area contributed by atoms with Crippen molar-refractivity contribution < 1.29 is 14.3 Å². The Kier molecular flexibility index (Phi) is 4.51. The van der Waals surface area contributed by atoms with Crippen molar-refractivity contribution in [3.63, 3.8) is 0 Å². The highest BCUT2D eigenvalue weighted by Crippen LogP contribution is 2.19. The summed E-state index contributed by atoms with van der Waals surface area (Å²) in [5.41, 5.74) is -0.768. The van der Waals surface area contributed by atoms with Crippen LogP contribution in [0.15, 0.2) is 0 Å². The van der Waals surface area contributed by atoms with Gasteiger partial charge in [-0.15, -0.1) is 0 Å². The predicted molar refractivity (Wildman–Crippen MR) is 64.5 cm³/mol. The van der Waals surface area contributed by atoms with Crippen LogP contribution in [0.25, 0.3) is 0 Å². The van der Waals surface area contributed by atoms with Crippen LogP contribution in [0.3, 0.4) is 0 Å². The predicted octanol–water partition coefficient (Wildman–Crippen LogP) is 0.538. The zero-order valence-electron chi connectivity index (χ0n) is 11.1. The summed E-state index contributed by atoms with van der Waals surface area (Å²) in [5, 5.41) is 2.76. The molecule has 0 saturated carbocycles. The minimum Gasteiger partial charge on any atom is -0.380 e. The summed E-state index contributed by atoms with van der Waals surface area (Å²) in [4.78, 5) is 25.5. The molecule has 98 valence electrons. The van der Waals surface area contributed by atoms with Crippen molar-refractivity contribution in [3.05, 3.63) is 0 Å². The van der Waals surface area contributed by atoms with E-state index in [1.807, 2.05) is 20.8 Å². The Bertz CT molecular complexity index is 306. The first-order valence-electron chi connectivity index (χ1n) is 6.14. The van der Waals surface area contributed by atoms with E-state index >= 15 is 0 Å². The molecule has 0 aliphatic carbocycles. The van der Waals surface area contributed by atoms with Gasteiger partial charge in [-0.2, -0.15) is 0 Å². The standard InChI is InChI=1S/C12H22N2O3/c1-5-12(4)11(16)14(7-10(15)13-12)9(3)8-17-6-2/h9H,5-8H2,1-4H3,(H,13,15). The van der Waals surface area contributed by atoms with Crippen molar-refractivity contribution in [1.29, 1.82) is 0 Å². The molecule has 0 aromatic heterocycles. The molecule has 1 rings (SSSR count). The van der Waals surface area contributed by atoms with E-state index in [2.05, 4.69) is 5.32 Å². The molecule has 1 heterocycles. The Labute approximate surface area is 102 Å². The number of carbonyl (C=O) groups excluding carboxylic acids is 2. The second kappa shape index (κ2) is 5.49. The smallest absolute Gasteiger partial charge is 0.248 e. The van der Waals surface area contributed by atoms with Gasteiger partial charge in [-0.3, -0.25) is 9.59 Å². The van der Waals surface area contributed by atoms with Gasteiger partial charge in [-0.05, 0) is 27.2 Å². The van der Waals surface area contributed by atoms with Crippen molar-refractivity contribution in [2.45, 2.75) is 45.7 Å². The first kappa shape index (κ1) is 14.0. The molecule has 17 heavy (non-hydrogen) atoms. The van der Waals surface area contributed by atoms with Crippen LogP contribution in [0, 0.1) is 0 Å². The largest absolute Gasteiger partial charge is 0.380 e. The number of nitrogens with one attached hydrogen (secondary N) is 1. The Hall–Kier alpha value is -1.10. The number of nitrogens with zero attached hydrogens (tertiary/aromatic N) is 1. The fourth-order valence-electron chi connectivity index (χ4n) is 1.92. The van der Waals surface area contributed by atoms with Crippen molar-refractivity contribution in [2.24, 2.45) is 0 Å². The maximum absolute atomic E-state index is 12.3. The third-order valence-corrected chi connectivity index (χ3v) is 3.26. The first-order valence-corrected chi connectivity index (χ1v) is 6.14. The molecule has 1 fully saturated rings. The van der Waals surface area contributed by atoms with Gasteiger partial charge in [0.2, 0.25) is 11.8 Å². The normalized spacial score (nSPS) is 26.9. The molecule has 0 spiro atoms. The summed E-state index contributed by atoms with van der Waals surface area (Å²) in [7, 11) is 0. The van der Waals surface area contributed by atoms with Crippen LogP contribution in [-0.2, 0) is 14.3 Å². The van der Waals surface area contributed by atoms with Crippen LogP contribution in [0.1, 0.15) is 34.1 Å². The summed E-state index contributed by atoms with van der Waals surface area (Å²) in [6, 6.07) is -0.0700. The second-order valence-corrected chi connectivity index (χ2v) is 4.68. The Morgan fingerprint density at radius 2 is 2.12 bits per heavy atom. The van der Waals surface area contributed by atoms with Crippen LogP contribution >= 0.6 is 0 Å². The van der Waals surface area contributed by atoms with Gasteiger partial charge in [0.1, 0.15) is 5.54 Å². The van der Waals surface area contributed by atoms with Gasteiger partial charge in [-0.1, -0.05) is 6.92 Å². The maximum atomic E-state index is 12.3. The highest BCUT2D eigenvalue weighted by molar-refractivity contribution is 5.97. The van der Waals surface area contributed by atoms with E-state index in [4.69, 9.17) is 4.74 Å². The molecule has 0 aromatic rings. The van der Waals surface area contributed by atoms with Gasteiger partial charge in [0.05, 0.1) is 19.2 Å². The van der Waals surface area contributed by atoms with Gasteiger partial charge < -0.3 is 15.0 Å². The fraction of sp³-hybridized carbons (Fsp3) is 0.833. The van der Waals surface area contributed by atoms with Crippen LogP contribution in [0.5, 0.6) is 0 Å². The molecular formula is C12H22N2O3. The number of piperazine rings is 1. The number of hydrogen-bond acceptors (Lipinski definition) is 3. The van der Waals surface area contributed by atoms with Crippen LogP contribution in [0.2, 0.25) is 0 Å². The van der Waals surface area contributed by atoms with Crippen molar-refractivity contribution >= 4 is 11.8 Å². The lowest BCUT2D eigenvalue weighted by Crippen LogP contribution is -2.66. The van der Waals surface area contributed by atoms with Gasteiger partial charge in [-0.25, -0.2) is 0 Å². The molecule has 5 nitrogen and oxygen atoms in total. The minimum atomic E-state index is -0.768. The highest BCUT2D eigenvalue weighted by Gasteiger charge is 2.42. The average Bonchev–Trinajstić information content (AvgIpc) is 2.30. The molecule has 1 saturated heterocycles. The van der Waals surface area contributed by atoms with Crippen molar-refractivity contribution in [1.82, 2.24) is 10.2 Å². The summed E-state index contributed by atoms with van der Waals surface area (Å²) in [5.74, 6) is -0.121. The summed E-state index contributed by atoms with van der Waals surface area (Å²) in [6.07, 6.45) is 0.593. The number of ether oxygens (including phenoxy) is 1. The van der Waals surface area contributed by atoms with Crippen molar-refractivity contribution in [2.75, 3.05) is 19.8 Å². The lowest BCUT2D eigenvalue weighted by atomic mass is 9.93. The lowest BCUT2D eigenvalue weighted by Gasteiger charge is -2.41. The molecule has 0 aromatic carbocycles. The monoisotopic (exact) mass is 242 g/mol. The summed E-state index contributed by atoms with van der Waals surface area (Å²) >= 11 is 0. The number of carbonyl (C=O) groups is 2. The molecule has 1 aliphatic heterocycles. The highest BCUT2D eigenvalue weighted by atomic mass is 16.5. The van der Waals surface area contributed by atoms with E-state index in [-0.39, 0.29) is 24.4 Å². The van der Waals surface area contributed by atoms with Gasteiger partial charge in [0.15, 0.2) is 0 Å². The van der Waals surface area contributed by atoms with Gasteiger partial charge >= 0.3 is 0 Å². The Balaban J connectivity index is 2.77. The van der Waals surface area contributed by atoms with E-state index in [9.17, 15) is 9.59 Å². The van der Waals surface area contributed by atoms with E-state index < -0.39 is 5.54 Å². The van der Waals surface area contributed by atoms with E-state index in [0.717, 1.165) is 0 Å². The number of hydrogen-bond donors (Lipinski definition) is 1. The molecule has 0 bridgehead atoms. The lowest BCUT2D eigenvalue weighted by molar-refractivity contribution is -0.152. The zero-order valence-corrected chi connectivity index (χ0v) is 11.1. The van der Waals surface area contributed by atoms with E-state index in [0.29, 0.717) is 19.6 Å². The zero-order chi connectivity index (χ0) is 13.1. The third kappa shape index (κ3) is 2.97. The molecular weight excluding hydrogens is 220 g/mol. The summed E-state index contributed by atoms with van der Waals surface area (Å²) < 4.78 is 5.31. The molecule has 2 amide bonds. The molecule has 2 atom stereocenters. The molecule has 1 aliphatic rings. The van der Waals surface area contributed by atoms with E-state index in [1.165, 1.54) is 0 Å². The second-order valence-electron chi connectivity index (χ2n) is 4.68. The quantitative estimate of drug-likeness (QED) is 0.765. The van der Waals surface area contributed by atoms with Gasteiger partial charge in [0, 0.05) is 6.61 Å². The Morgan fingerprint density at radius 1 is 1.47 bits per heavy atom. The van der Waals surface area contributed by atoms with Crippen LogP contribution in [0.4, 0.5) is 0 Å². The topological polar surface area (TPSA) is 58.6 Å². The molecule has 0 radical (unpaired) electrons. The molecule has 5 heteroatoms. The number of amides is 2. The molecule has 1 N–H and O–H groups in total. The average molecular weight is 242 g/mol. The van der Waals surface area contributed by atoms with Crippen LogP contribution < -0.4 is 5.32 Å². The minimum absolute atomic E-state index is 0.0215. The van der Waals surface area contributed by atoms with Gasteiger partial charge in [0.25, 0.3) is 0 Å². The SMILES string of the molecule is CCOCC(C)N1CC(=O)NC(C)(CC)C1=O. The Morgan fingerprint density at radius 3 is 2.65 bits per heavy atom. The first-order chi connectivity index (χ1) is 7.94. The number of rotatable bonds is 5. The third-order valence-electron chi connectivity index (χ3n) is 3.26. The fourth-order valence-corrected chi connectivity index (χ4v) is 1.92. The maximum Gasteiger partial charge on any atom is 0.248 e. The summed E-state index contributed by atoms with van der Waals surface area (Å²) in [6.45, 7) is 8.69. The molecule has 2 unspecified atom stereocenters.